The van der Waals surface area contributed by atoms with Crippen LogP contribution in [0.25, 0.3) is 22.3 Å². The number of aromatic amines is 1. The van der Waals surface area contributed by atoms with Gasteiger partial charge in [-0.1, -0.05) is 12.1 Å². The molecule has 0 fully saturated rings. The number of nitrogens with one attached hydrogen (secondary N) is 1. The number of hydrogen-bond acceptors (Lipinski definition) is 2. The molecule has 2 aromatic carbocycles. The number of H-pyrrole nitrogens is 1. The maximum atomic E-state index is 13.7. The van der Waals surface area contributed by atoms with Gasteiger partial charge in [0.05, 0.1) is 16.5 Å². The Bertz CT molecular complexity index is 960. The van der Waals surface area contributed by atoms with Gasteiger partial charge >= 0.3 is 6.18 Å². The predicted molar refractivity (Wildman–Crippen MR) is 77.5 cm³/mol. The van der Waals surface area contributed by atoms with Crippen LogP contribution in [-0.4, -0.2) is 9.97 Å². The molecule has 3 aromatic rings. The highest BCUT2D eigenvalue weighted by Gasteiger charge is 2.35. The van der Waals surface area contributed by atoms with Gasteiger partial charge in [-0.3, -0.25) is 4.79 Å². The average Bonchev–Trinajstić information content (AvgIpc) is 2.48. The van der Waals surface area contributed by atoms with E-state index in [2.05, 4.69) is 9.97 Å². The van der Waals surface area contributed by atoms with Gasteiger partial charge in [-0.05, 0) is 36.8 Å². The van der Waals surface area contributed by atoms with Crippen molar-refractivity contribution in [2.24, 2.45) is 0 Å². The number of para-hydroxylation sites is 1. The van der Waals surface area contributed by atoms with Gasteiger partial charge in [0, 0.05) is 5.56 Å². The van der Waals surface area contributed by atoms with Crippen LogP contribution in [0, 0.1) is 12.7 Å². The topological polar surface area (TPSA) is 45.8 Å². The van der Waals surface area contributed by atoms with Crippen molar-refractivity contribution in [3.63, 3.8) is 0 Å². The first-order valence-corrected chi connectivity index (χ1v) is 6.64. The maximum Gasteiger partial charge on any atom is 0.419 e. The third kappa shape index (κ3) is 2.69. The lowest BCUT2D eigenvalue weighted by Crippen LogP contribution is -2.12. The Morgan fingerprint density at radius 1 is 1.13 bits per heavy atom. The summed E-state index contributed by atoms with van der Waals surface area (Å²) in [6, 6.07) is 8.32. The van der Waals surface area contributed by atoms with Gasteiger partial charge in [-0.15, -0.1) is 0 Å². The molecular formula is C16H10F4N2O. The Labute approximate surface area is 127 Å². The number of benzene rings is 2. The average molecular weight is 322 g/mol. The van der Waals surface area contributed by atoms with Crippen LogP contribution in [0.3, 0.4) is 0 Å². The molecule has 0 saturated carbocycles. The summed E-state index contributed by atoms with van der Waals surface area (Å²) < 4.78 is 52.5. The highest BCUT2D eigenvalue weighted by Crippen LogP contribution is 2.35. The summed E-state index contributed by atoms with van der Waals surface area (Å²) in [5.41, 5.74) is -1.68. The summed E-state index contributed by atoms with van der Waals surface area (Å²) >= 11 is 0. The van der Waals surface area contributed by atoms with Crippen molar-refractivity contribution in [1.82, 2.24) is 9.97 Å². The molecule has 0 radical (unpaired) electrons. The van der Waals surface area contributed by atoms with Crippen LogP contribution >= 0.6 is 0 Å². The van der Waals surface area contributed by atoms with E-state index in [1.54, 1.807) is 24.3 Å². The van der Waals surface area contributed by atoms with Gasteiger partial charge < -0.3 is 4.98 Å². The van der Waals surface area contributed by atoms with Crippen LogP contribution < -0.4 is 5.56 Å². The molecule has 3 nitrogen and oxygen atoms in total. The molecule has 0 amide bonds. The van der Waals surface area contributed by atoms with E-state index in [1.165, 1.54) is 13.0 Å². The standard InChI is InChI=1S/C16H10F4N2O/c1-8-6-9(7-11(13(8)17)16(18,19)20)14-21-12-5-3-2-4-10(12)15(23)22-14/h2-7H,1H3,(H,21,22,23). The Balaban J connectivity index is 2.27. The summed E-state index contributed by atoms with van der Waals surface area (Å²) in [5, 5.41) is 0.325. The third-order valence-corrected chi connectivity index (χ3v) is 3.45. The second-order valence-corrected chi connectivity index (χ2v) is 5.08. The number of nitrogens with zero attached hydrogens (tertiary/aromatic N) is 1. The minimum atomic E-state index is -4.83. The Morgan fingerprint density at radius 2 is 1.83 bits per heavy atom. The van der Waals surface area contributed by atoms with Crippen molar-refractivity contribution < 1.29 is 17.6 Å². The molecule has 1 N–H and O–H groups in total. The van der Waals surface area contributed by atoms with Crippen LogP contribution in [0.5, 0.6) is 0 Å². The third-order valence-electron chi connectivity index (χ3n) is 3.45. The van der Waals surface area contributed by atoms with E-state index >= 15 is 0 Å². The van der Waals surface area contributed by atoms with Crippen molar-refractivity contribution in [2.75, 3.05) is 0 Å². The predicted octanol–water partition coefficient (Wildman–Crippen LogP) is 4.06. The Kier molecular flexibility index (Phi) is 3.43. The van der Waals surface area contributed by atoms with Crippen molar-refractivity contribution in [1.29, 1.82) is 0 Å². The Hall–Kier alpha value is -2.70. The summed E-state index contributed by atoms with van der Waals surface area (Å²) in [6.45, 7) is 1.23. The number of alkyl halides is 3. The van der Waals surface area contributed by atoms with E-state index in [4.69, 9.17) is 0 Å². The van der Waals surface area contributed by atoms with E-state index in [1.807, 2.05) is 0 Å². The molecule has 0 saturated heterocycles. The van der Waals surface area contributed by atoms with Crippen LogP contribution in [0.15, 0.2) is 41.2 Å². The fourth-order valence-electron chi connectivity index (χ4n) is 2.34. The number of rotatable bonds is 1. The van der Waals surface area contributed by atoms with Crippen molar-refractivity contribution in [3.05, 3.63) is 63.7 Å². The second kappa shape index (κ2) is 5.19. The molecule has 0 aliphatic heterocycles. The quantitative estimate of drug-likeness (QED) is 0.687. The molecule has 0 aliphatic carbocycles. The van der Waals surface area contributed by atoms with Crippen molar-refractivity contribution >= 4 is 10.9 Å². The van der Waals surface area contributed by atoms with Crippen LogP contribution in [0.1, 0.15) is 11.1 Å². The highest BCUT2D eigenvalue weighted by atomic mass is 19.4. The number of fused-ring (bicyclic) bond motifs is 1. The first-order chi connectivity index (χ1) is 10.8. The van der Waals surface area contributed by atoms with Gasteiger partial charge in [0.1, 0.15) is 11.6 Å². The lowest BCUT2D eigenvalue weighted by atomic mass is 10.0. The van der Waals surface area contributed by atoms with E-state index < -0.39 is 23.1 Å². The van der Waals surface area contributed by atoms with Crippen molar-refractivity contribution in [3.8, 4) is 11.4 Å². The molecule has 0 aliphatic rings. The first kappa shape index (κ1) is 15.2. The molecule has 0 atom stereocenters. The Morgan fingerprint density at radius 3 is 2.52 bits per heavy atom. The van der Waals surface area contributed by atoms with Crippen LogP contribution in [-0.2, 0) is 6.18 Å². The van der Waals surface area contributed by atoms with Gasteiger partial charge in [0.15, 0.2) is 0 Å². The molecule has 23 heavy (non-hydrogen) atoms. The molecular weight excluding hydrogens is 312 g/mol. The fourth-order valence-corrected chi connectivity index (χ4v) is 2.34. The summed E-state index contributed by atoms with van der Waals surface area (Å²) in [6.07, 6.45) is -4.83. The molecule has 0 bridgehead atoms. The molecule has 0 unspecified atom stereocenters. The van der Waals surface area contributed by atoms with Gasteiger partial charge in [-0.2, -0.15) is 13.2 Å². The molecule has 1 heterocycles. The van der Waals surface area contributed by atoms with Crippen LogP contribution in [0.4, 0.5) is 17.6 Å². The van der Waals surface area contributed by atoms with Gasteiger partial charge in [-0.25, -0.2) is 9.37 Å². The summed E-state index contributed by atoms with van der Waals surface area (Å²) in [5.74, 6) is -1.37. The number of halogens is 4. The summed E-state index contributed by atoms with van der Waals surface area (Å²) in [7, 11) is 0. The zero-order valence-electron chi connectivity index (χ0n) is 11.8. The van der Waals surface area contributed by atoms with Gasteiger partial charge in [0.2, 0.25) is 0 Å². The minimum Gasteiger partial charge on any atom is -0.306 e. The van der Waals surface area contributed by atoms with Crippen LogP contribution in [0.2, 0.25) is 0 Å². The SMILES string of the molecule is Cc1cc(-c2nc3ccccc3c(=O)[nH]2)cc(C(F)(F)F)c1F. The van der Waals surface area contributed by atoms with Crippen molar-refractivity contribution in [2.45, 2.75) is 13.1 Å². The highest BCUT2D eigenvalue weighted by molar-refractivity contribution is 5.79. The van der Waals surface area contributed by atoms with E-state index in [-0.39, 0.29) is 17.0 Å². The number of aromatic nitrogens is 2. The monoisotopic (exact) mass is 322 g/mol. The lowest BCUT2D eigenvalue weighted by Gasteiger charge is -2.12. The van der Waals surface area contributed by atoms with E-state index in [0.29, 0.717) is 17.0 Å². The first-order valence-electron chi connectivity index (χ1n) is 6.64. The summed E-state index contributed by atoms with van der Waals surface area (Å²) in [4.78, 5) is 18.6. The fraction of sp³-hybridized carbons (Fsp3) is 0.125. The number of aryl methyl sites for hydroxylation is 1. The molecule has 1 aromatic heterocycles. The zero-order chi connectivity index (χ0) is 16.8. The van der Waals surface area contributed by atoms with E-state index in [0.717, 1.165) is 0 Å². The molecule has 3 rings (SSSR count). The molecule has 7 heteroatoms. The lowest BCUT2D eigenvalue weighted by molar-refractivity contribution is -0.140. The smallest absolute Gasteiger partial charge is 0.306 e. The second-order valence-electron chi connectivity index (χ2n) is 5.08. The van der Waals surface area contributed by atoms with E-state index in [9.17, 15) is 22.4 Å². The maximum absolute atomic E-state index is 13.7. The normalized spacial score (nSPS) is 11.9. The van der Waals surface area contributed by atoms with Gasteiger partial charge in [0.25, 0.3) is 5.56 Å². The molecule has 118 valence electrons. The molecule has 0 spiro atoms. The largest absolute Gasteiger partial charge is 0.419 e. The zero-order valence-corrected chi connectivity index (χ0v) is 11.8. The minimum absolute atomic E-state index is 0.000854. The number of hydrogen-bond donors (Lipinski definition) is 1.